The summed E-state index contributed by atoms with van der Waals surface area (Å²) in [4.78, 5) is 29.2. The number of carbonyl (C=O) groups is 2. The molecule has 1 amide bonds. The van der Waals surface area contributed by atoms with Crippen molar-refractivity contribution in [2.45, 2.75) is 17.3 Å². The number of carbonyl (C=O) groups excluding carboxylic acids is 2. The van der Waals surface area contributed by atoms with Crippen molar-refractivity contribution in [3.8, 4) is 17.2 Å². The molecule has 160 valence electrons. The number of nitrogens with zero attached hydrogens (tertiary/aromatic N) is 1. The predicted molar refractivity (Wildman–Crippen MR) is 118 cm³/mol. The standard InChI is InChI=1S/C22H20N2O5S2/c1-27-18-5-3-2-4-15(18)10-23-21(26)9-16-11-30-22(24-16)31-12-17(25)14-6-7-19-20(8-14)29-13-28-19/h2-8,11H,9-10,12-13H2,1H3,(H,23,26). The highest BCUT2D eigenvalue weighted by Crippen LogP contribution is 2.33. The molecular weight excluding hydrogens is 436 g/mol. The van der Waals surface area contributed by atoms with Gasteiger partial charge in [0, 0.05) is 23.1 Å². The molecule has 0 spiro atoms. The van der Waals surface area contributed by atoms with Crippen LogP contribution in [0.5, 0.6) is 17.2 Å². The van der Waals surface area contributed by atoms with Crippen molar-refractivity contribution in [1.29, 1.82) is 0 Å². The van der Waals surface area contributed by atoms with Gasteiger partial charge in [0.05, 0.1) is 25.0 Å². The minimum Gasteiger partial charge on any atom is -0.496 e. The Morgan fingerprint density at radius 1 is 1.19 bits per heavy atom. The number of para-hydroxylation sites is 1. The number of thiazole rings is 1. The van der Waals surface area contributed by atoms with Crippen molar-refractivity contribution < 1.29 is 23.8 Å². The van der Waals surface area contributed by atoms with Crippen LogP contribution in [0.15, 0.2) is 52.2 Å². The van der Waals surface area contributed by atoms with Gasteiger partial charge in [-0.25, -0.2) is 4.98 Å². The maximum atomic E-state index is 12.5. The topological polar surface area (TPSA) is 86.8 Å². The third kappa shape index (κ3) is 5.36. The van der Waals surface area contributed by atoms with E-state index in [-0.39, 0.29) is 30.7 Å². The van der Waals surface area contributed by atoms with Crippen LogP contribution in [-0.2, 0) is 17.8 Å². The number of rotatable bonds is 9. The monoisotopic (exact) mass is 456 g/mol. The maximum absolute atomic E-state index is 12.5. The summed E-state index contributed by atoms with van der Waals surface area (Å²) in [5.74, 6) is 2.09. The van der Waals surface area contributed by atoms with Crippen LogP contribution in [0.25, 0.3) is 0 Å². The Balaban J connectivity index is 1.26. The fourth-order valence-corrected chi connectivity index (χ4v) is 4.73. The number of thioether (sulfide) groups is 1. The van der Waals surface area contributed by atoms with E-state index >= 15 is 0 Å². The van der Waals surface area contributed by atoms with Crippen LogP contribution in [0.3, 0.4) is 0 Å². The lowest BCUT2D eigenvalue weighted by molar-refractivity contribution is -0.120. The van der Waals surface area contributed by atoms with Crippen molar-refractivity contribution in [2.24, 2.45) is 0 Å². The molecule has 2 aromatic carbocycles. The molecule has 31 heavy (non-hydrogen) atoms. The molecular formula is C22H20N2O5S2. The number of nitrogens with one attached hydrogen (secondary N) is 1. The average molecular weight is 457 g/mol. The van der Waals surface area contributed by atoms with E-state index in [0.717, 1.165) is 15.7 Å². The third-order valence-corrected chi connectivity index (χ3v) is 6.63. The van der Waals surface area contributed by atoms with Crippen LogP contribution < -0.4 is 19.5 Å². The molecule has 0 saturated heterocycles. The second kappa shape index (κ2) is 9.84. The van der Waals surface area contributed by atoms with Gasteiger partial charge in [-0.05, 0) is 24.3 Å². The quantitative estimate of drug-likeness (QED) is 0.388. The largest absolute Gasteiger partial charge is 0.496 e. The molecule has 4 rings (SSSR count). The first-order chi connectivity index (χ1) is 15.1. The Morgan fingerprint density at radius 3 is 2.90 bits per heavy atom. The van der Waals surface area contributed by atoms with E-state index in [9.17, 15) is 9.59 Å². The van der Waals surface area contributed by atoms with Crippen LogP contribution in [0.1, 0.15) is 21.6 Å². The molecule has 7 nitrogen and oxygen atoms in total. The Labute approximate surface area is 187 Å². The van der Waals surface area contributed by atoms with Crippen LogP contribution in [0, 0.1) is 0 Å². The van der Waals surface area contributed by atoms with Gasteiger partial charge in [0.1, 0.15) is 5.75 Å². The molecule has 1 N–H and O–H groups in total. The SMILES string of the molecule is COc1ccccc1CNC(=O)Cc1csc(SCC(=O)c2ccc3c(c2)OCO3)n1. The Morgan fingerprint density at radius 2 is 2.03 bits per heavy atom. The zero-order valence-electron chi connectivity index (χ0n) is 16.8. The lowest BCUT2D eigenvalue weighted by Gasteiger charge is -2.09. The van der Waals surface area contributed by atoms with Gasteiger partial charge in [0.15, 0.2) is 21.6 Å². The molecule has 2 heterocycles. The summed E-state index contributed by atoms with van der Waals surface area (Å²) in [5.41, 5.74) is 2.17. The molecule has 0 unspecified atom stereocenters. The summed E-state index contributed by atoms with van der Waals surface area (Å²) in [5, 5.41) is 4.73. The first-order valence-electron chi connectivity index (χ1n) is 9.51. The molecule has 0 radical (unpaired) electrons. The number of hydrogen-bond acceptors (Lipinski definition) is 8. The molecule has 0 aliphatic carbocycles. The van der Waals surface area contributed by atoms with E-state index in [2.05, 4.69) is 10.3 Å². The molecule has 0 saturated carbocycles. The van der Waals surface area contributed by atoms with Crippen molar-refractivity contribution in [1.82, 2.24) is 10.3 Å². The van der Waals surface area contributed by atoms with Gasteiger partial charge >= 0.3 is 0 Å². The zero-order chi connectivity index (χ0) is 21.6. The number of fused-ring (bicyclic) bond motifs is 1. The maximum Gasteiger partial charge on any atom is 0.231 e. The fraction of sp³-hybridized carbons (Fsp3) is 0.227. The van der Waals surface area contributed by atoms with E-state index in [1.807, 2.05) is 29.6 Å². The number of ether oxygens (including phenoxy) is 3. The molecule has 0 bridgehead atoms. The summed E-state index contributed by atoms with van der Waals surface area (Å²) >= 11 is 2.78. The lowest BCUT2D eigenvalue weighted by Crippen LogP contribution is -2.24. The van der Waals surface area contributed by atoms with E-state index in [0.29, 0.717) is 29.3 Å². The summed E-state index contributed by atoms with van der Waals surface area (Å²) in [7, 11) is 1.60. The second-order valence-electron chi connectivity index (χ2n) is 6.65. The van der Waals surface area contributed by atoms with Gasteiger partial charge in [-0.1, -0.05) is 30.0 Å². The van der Waals surface area contributed by atoms with Crippen LogP contribution >= 0.6 is 23.1 Å². The summed E-state index contributed by atoms with van der Waals surface area (Å²) in [6, 6.07) is 12.7. The first kappa shape index (κ1) is 21.2. The Kier molecular flexibility index (Phi) is 6.73. The number of aromatic nitrogens is 1. The number of hydrogen-bond donors (Lipinski definition) is 1. The molecule has 1 aliphatic rings. The van der Waals surface area contributed by atoms with E-state index in [4.69, 9.17) is 14.2 Å². The van der Waals surface area contributed by atoms with Crippen molar-refractivity contribution in [3.05, 3.63) is 64.7 Å². The molecule has 3 aromatic rings. The van der Waals surface area contributed by atoms with Crippen LogP contribution in [-0.4, -0.2) is 36.3 Å². The highest BCUT2D eigenvalue weighted by Gasteiger charge is 2.17. The third-order valence-electron chi connectivity index (χ3n) is 4.56. The van der Waals surface area contributed by atoms with Gasteiger partial charge in [0.2, 0.25) is 12.7 Å². The molecule has 1 aromatic heterocycles. The smallest absolute Gasteiger partial charge is 0.231 e. The summed E-state index contributed by atoms with van der Waals surface area (Å²) in [6.45, 7) is 0.564. The van der Waals surface area contributed by atoms with Gasteiger partial charge in [-0.2, -0.15) is 0 Å². The van der Waals surface area contributed by atoms with Gasteiger partial charge < -0.3 is 19.5 Å². The van der Waals surface area contributed by atoms with E-state index in [1.54, 1.807) is 25.3 Å². The van der Waals surface area contributed by atoms with E-state index in [1.165, 1.54) is 23.1 Å². The normalized spacial score (nSPS) is 11.9. The number of amides is 1. The number of ketones is 1. The zero-order valence-corrected chi connectivity index (χ0v) is 18.4. The first-order valence-corrected chi connectivity index (χ1v) is 11.4. The summed E-state index contributed by atoms with van der Waals surface area (Å²) in [6.07, 6.45) is 0.183. The van der Waals surface area contributed by atoms with Gasteiger partial charge in [-0.15, -0.1) is 11.3 Å². The predicted octanol–water partition coefficient (Wildman–Crippen LogP) is 3.71. The highest BCUT2D eigenvalue weighted by atomic mass is 32.2. The van der Waals surface area contributed by atoms with Crippen LogP contribution in [0.4, 0.5) is 0 Å². The lowest BCUT2D eigenvalue weighted by atomic mass is 10.1. The minimum absolute atomic E-state index is 0.0189. The molecule has 0 fully saturated rings. The van der Waals surface area contributed by atoms with Crippen molar-refractivity contribution in [2.75, 3.05) is 19.7 Å². The number of Topliss-reactive ketones (excluding diaryl/α,β-unsaturated/α-hetero) is 1. The van der Waals surface area contributed by atoms with Crippen LogP contribution in [0.2, 0.25) is 0 Å². The molecule has 0 atom stereocenters. The van der Waals surface area contributed by atoms with E-state index < -0.39 is 0 Å². The van der Waals surface area contributed by atoms with Gasteiger partial charge in [0.25, 0.3) is 0 Å². The van der Waals surface area contributed by atoms with Gasteiger partial charge in [-0.3, -0.25) is 9.59 Å². The fourth-order valence-electron chi connectivity index (χ4n) is 2.99. The number of benzene rings is 2. The molecule has 9 heteroatoms. The van der Waals surface area contributed by atoms with Crippen molar-refractivity contribution in [3.63, 3.8) is 0 Å². The molecule has 1 aliphatic heterocycles. The minimum atomic E-state index is -0.121. The number of methoxy groups -OCH3 is 1. The average Bonchev–Trinajstić information content (AvgIpc) is 3.44. The Hall–Kier alpha value is -3.04. The second-order valence-corrected chi connectivity index (χ2v) is 8.73. The van der Waals surface area contributed by atoms with Crippen molar-refractivity contribution >= 4 is 34.8 Å². The Bertz CT molecular complexity index is 1100. The summed E-state index contributed by atoms with van der Waals surface area (Å²) < 4.78 is 16.6. The highest BCUT2D eigenvalue weighted by molar-refractivity contribution is 8.01.